The van der Waals surface area contributed by atoms with Gasteiger partial charge in [-0.15, -0.1) is 0 Å². The van der Waals surface area contributed by atoms with Gasteiger partial charge in [-0.25, -0.2) is 13.4 Å². The number of rotatable bonds is 9. The van der Waals surface area contributed by atoms with Crippen molar-refractivity contribution < 1.29 is 13.2 Å². The van der Waals surface area contributed by atoms with Crippen molar-refractivity contribution in [2.24, 2.45) is 11.8 Å². The molecule has 27 heavy (non-hydrogen) atoms. The highest BCUT2D eigenvalue weighted by Crippen LogP contribution is 2.30. The van der Waals surface area contributed by atoms with Crippen LogP contribution in [0.1, 0.15) is 64.5 Å². The first kappa shape index (κ1) is 20.5. The highest BCUT2D eigenvalue weighted by molar-refractivity contribution is 7.91. The number of hydrogen-bond donors (Lipinski definition) is 0. The Kier molecular flexibility index (Phi) is 6.74. The minimum atomic E-state index is -3.35. The third-order valence-electron chi connectivity index (χ3n) is 6.06. The fraction of sp³-hybridized carbons (Fsp3) is 0.800. The molecule has 7 heteroatoms. The first-order valence-electron chi connectivity index (χ1n) is 10.4. The molecule has 2 aliphatic rings. The Labute approximate surface area is 163 Å². The molecule has 0 spiro atoms. The molecule has 0 unspecified atom stereocenters. The predicted molar refractivity (Wildman–Crippen MR) is 105 cm³/mol. The summed E-state index contributed by atoms with van der Waals surface area (Å²) in [5, 5.41) is 0.248. The molecular weight excluding hydrogens is 362 g/mol. The molecule has 1 aromatic rings. The Morgan fingerprint density at radius 1 is 1.26 bits per heavy atom. The van der Waals surface area contributed by atoms with Crippen LogP contribution in [0.15, 0.2) is 11.4 Å². The molecule has 1 saturated heterocycles. The highest BCUT2D eigenvalue weighted by Gasteiger charge is 2.30. The number of Topliss-reactive ketones (excluding diaryl/α,β-unsaturated/α-hetero) is 1. The van der Waals surface area contributed by atoms with Crippen LogP contribution in [-0.2, 0) is 27.7 Å². The van der Waals surface area contributed by atoms with Gasteiger partial charge in [-0.05, 0) is 51.5 Å². The van der Waals surface area contributed by atoms with Crippen molar-refractivity contribution in [3.63, 3.8) is 0 Å². The zero-order valence-corrected chi connectivity index (χ0v) is 17.5. The number of likely N-dealkylation sites (tertiary alicyclic amines) is 1. The largest absolute Gasteiger partial charge is 0.318 e. The molecule has 1 atom stereocenters. The van der Waals surface area contributed by atoms with Gasteiger partial charge in [0.15, 0.2) is 0 Å². The molecule has 0 bridgehead atoms. The zero-order chi connectivity index (χ0) is 19.4. The lowest BCUT2D eigenvalue weighted by atomic mass is 9.87. The molecule has 2 heterocycles. The van der Waals surface area contributed by atoms with Crippen LogP contribution in [0.4, 0.5) is 0 Å². The van der Waals surface area contributed by atoms with E-state index >= 15 is 0 Å². The van der Waals surface area contributed by atoms with E-state index in [0.29, 0.717) is 19.0 Å². The summed E-state index contributed by atoms with van der Waals surface area (Å²) in [5.41, 5.74) is 0.958. The van der Waals surface area contributed by atoms with Crippen molar-refractivity contribution in [2.45, 2.75) is 77.0 Å². The fourth-order valence-electron chi connectivity index (χ4n) is 4.13. The Hall–Kier alpha value is -1.21. The summed E-state index contributed by atoms with van der Waals surface area (Å²) in [6.45, 7) is 6.85. The van der Waals surface area contributed by atoms with Gasteiger partial charge < -0.3 is 4.57 Å². The quantitative estimate of drug-likeness (QED) is 0.642. The van der Waals surface area contributed by atoms with E-state index in [0.717, 1.165) is 63.7 Å². The van der Waals surface area contributed by atoms with Gasteiger partial charge >= 0.3 is 0 Å². The maximum Gasteiger partial charge on any atom is 0.227 e. The summed E-state index contributed by atoms with van der Waals surface area (Å²) in [6, 6.07) is 0. The monoisotopic (exact) mass is 395 g/mol. The molecule has 0 amide bonds. The predicted octanol–water partition coefficient (Wildman–Crippen LogP) is 3.06. The second-order valence-corrected chi connectivity index (χ2v) is 10.2. The minimum absolute atomic E-state index is 0.104. The van der Waals surface area contributed by atoms with Crippen LogP contribution in [0.2, 0.25) is 0 Å². The van der Waals surface area contributed by atoms with Crippen LogP contribution in [0, 0.1) is 11.8 Å². The second-order valence-electron chi connectivity index (χ2n) is 8.30. The molecule has 6 nitrogen and oxygen atoms in total. The van der Waals surface area contributed by atoms with Crippen LogP contribution >= 0.6 is 0 Å². The van der Waals surface area contributed by atoms with Crippen molar-refractivity contribution in [3.05, 3.63) is 11.9 Å². The van der Waals surface area contributed by atoms with E-state index < -0.39 is 9.84 Å². The fourth-order valence-corrected chi connectivity index (χ4v) is 5.99. The van der Waals surface area contributed by atoms with E-state index in [1.165, 1.54) is 0 Å². The van der Waals surface area contributed by atoms with Gasteiger partial charge in [-0.3, -0.25) is 9.69 Å². The van der Waals surface area contributed by atoms with Crippen LogP contribution in [-0.4, -0.2) is 47.5 Å². The molecule has 1 aliphatic carbocycles. The van der Waals surface area contributed by atoms with Crippen LogP contribution < -0.4 is 0 Å². The van der Waals surface area contributed by atoms with Crippen LogP contribution in [0.25, 0.3) is 0 Å². The third-order valence-corrected chi connectivity index (χ3v) is 7.85. The summed E-state index contributed by atoms with van der Waals surface area (Å²) >= 11 is 0. The number of piperidine rings is 1. The number of hydrogen-bond acceptors (Lipinski definition) is 5. The molecule has 1 aliphatic heterocycles. The normalized spacial score (nSPS) is 21.9. The van der Waals surface area contributed by atoms with E-state index in [4.69, 9.17) is 0 Å². The van der Waals surface area contributed by atoms with E-state index in [1.807, 2.05) is 4.57 Å². The summed E-state index contributed by atoms with van der Waals surface area (Å²) in [6.07, 6.45) is 8.83. The van der Waals surface area contributed by atoms with Crippen molar-refractivity contribution in [3.8, 4) is 0 Å². The van der Waals surface area contributed by atoms with Gasteiger partial charge in [0.05, 0.1) is 17.6 Å². The summed E-state index contributed by atoms with van der Waals surface area (Å²) in [7, 11) is -3.35. The standard InChI is InChI=1S/C20H33N3O3S/c1-3-4-11-23-19(14-22-10-6-9-18(13-22)16(2)24)12-21-20(23)27(25,26)15-17-7-5-8-17/h12,17-18H,3-11,13-15H2,1-2H3/t18-/m1/s1. The maximum absolute atomic E-state index is 12.9. The van der Waals surface area contributed by atoms with Crippen LogP contribution in [0.3, 0.4) is 0 Å². The minimum Gasteiger partial charge on any atom is -0.318 e. The Morgan fingerprint density at radius 3 is 2.67 bits per heavy atom. The average Bonchev–Trinajstić information content (AvgIpc) is 3.00. The molecule has 2 fully saturated rings. The van der Waals surface area contributed by atoms with Crippen molar-refractivity contribution in [2.75, 3.05) is 18.8 Å². The van der Waals surface area contributed by atoms with Gasteiger partial charge in [0.25, 0.3) is 0 Å². The molecular formula is C20H33N3O3S. The number of ketones is 1. The molecule has 3 rings (SSSR count). The molecule has 0 aromatic carbocycles. The average molecular weight is 396 g/mol. The Bertz CT molecular complexity index is 753. The number of nitrogens with zero attached hydrogens (tertiary/aromatic N) is 3. The van der Waals surface area contributed by atoms with Gasteiger partial charge in [0, 0.05) is 25.6 Å². The van der Waals surface area contributed by atoms with E-state index in [-0.39, 0.29) is 22.6 Å². The smallest absolute Gasteiger partial charge is 0.227 e. The van der Waals surface area contributed by atoms with E-state index in [9.17, 15) is 13.2 Å². The Morgan fingerprint density at radius 2 is 2.04 bits per heavy atom. The van der Waals surface area contributed by atoms with Gasteiger partial charge in [-0.1, -0.05) is 19.8 Å². The summed E-state index contributed by atoms with van der Waals surface area (Å²) in [5.74, 6) is 0.884. The topological polar surface area (TPSA) is 72.3 Å². The van der Waals surface area contributed by atoms with Gasteiger partial charge in [-0.2, -0.15) is 0 Å². The molecule has 1 aromatic heterocycles. The van der Waals surface area contributed by atoms with Crippen molar-refractivity contribution >= 4 is 15.6 Å². The number of carbonyl (C=O) groups excluding carboxylic acids is 1. The van der Waals surface area contributed by atoms with Crippen LogP contribution in [0.5, 0.6) is 0 Å². The third kappa shape index (κ3) is 4.99. The summed E-state index contributed by atoms with van der Waals surface area (Å²) < 4.78 is 27.8. The van der Waals surface area contributed by atoms with E-state index in [1.54, 1.807) is 13.1 Å². The highest BCUT2D eigenvalue weighted by atomic mass is 32.2. The van der Waals surface area contributed by atoms with Crippen molar-refractivity contribution in [1.82, 2.24) is 14.5 Å². The number of aromatic nitrogens is 2. The Balaban J connectivity index is 1.78. The molecule has 1 saturated carbocycles. The zero-order valence-electron chi connectivity index (χ0n) is 16.7. The first-order valence-corrected chi connectivity index (χ1v) is 12.1. The lowest BCUT2D eigenvalue weighted by Gasteiger charge is -2.31. The van der Waals surface area contributed by atoms with E-state index in [2.05, 4.69) is 16.8 Å². The van der Waals surface area contributed by atoms with Crippen molar-refractivity contribution in [1.29, 1.82) is 0 Å². The van der Waals surface area contributed by atoms with Gasteiger partial charge in [0.2, 0.25) is 15.0 Å². The lowest BCUT2D eigenvalue weighted by molar-refractivity contribution is -0.122. The molecule has 152 valence electrons. The lowest BCUT2D eigenvalue weighted by Crippen LogP contribution is -2.38. The number of sulfone groups is 1. The number of carbonyl (C=O) groups is 1. The number of unbranched alkanes of at least 4 members (excludes halogenated alkanes) is 1. The van der Waals surface area contributed by atoms with Gasteiger partial charge in [0.1, 0.15) is 5.78 Å². The maximum atomic E-state index is 12.9. The molecule has 0 radical (unpaired) electrons. The SMILES string of the molecule is CCCCn1c(CN2CCC[C@@H](C(C)=O)C2)cnc1S(=O)(=O)CC1CCC1. The number of imidazole rings is 1. The summed E-state index contributed by atoms with van der Waals surface area (Å²) in [4.78, 5) is 18.4. The second kappa shape index (κ2) is 8.86. The first-order chi connectivity index (χ1) is 12.9. The molecule has 0 N–H and O–H groups in total.